The first-order valence-corrected chi connectivity index (χ1v) is 8.46. The molecular formula is C19H20FN5O2. The minimum Gasteiger partial charge on any atom is -0.461 e. The zero-order valence-electron chi connectivity index (χ0n) is 15.6. The molecule has 0 spiro atoms. The molecule has 0 aliphatic heterocycles. The molecule has 0 amide bonds. The van der Waals surface area contributed by atoms with E-state index in [1.807, 2.05) is 25.9 Å². The molecule has 140 valence electrons. The molecule has 0 N–H and O–H groups in total. The van der Waals surface area contributed by atoms with Crippen LogP contribution in [-0.2, 0) is 4.74 Å². The largest absolute Gasteiger partial charge is 0.461 e. The topological polar surface area (TPSA) is 72.6 Å². The Hall–Kier alpha value is -3.29. The van der Waals surface area contributed by atoms with Crippen molar-refractivity contribution in [2.24, 2.45) is 0 Å². The van der Waals surface area contributed by atoms with Gasteiger partial charge >= 0.3 is 5.97 Å². The summed E-state index contributed by atoms with van der Waals surface area (Å²) >= 11 is 0. The van der Waals surface area contributed by atoms with E-state index in [9.17, 15) is 9.18 Å². The van der Waals surface area contributed by atoms with Crippen molar-refractivity contribution in [3.8, 4) is 11.1 Å². The fourth-order valence-corrected chi connectivity index (χ4v) is 2.69. The normalized spacial score (nSPS) is 11.3. The van der Waals surface area contributed by atoms with Crippen molar-refractivity contribution < 1.29 is 13.9 Å². The Balaban J connectivity index is 2.25. The van der Waals surface area contributed by atoms with Crippen LogP contribution in [0.1, 0.15) is 28.8 Å². The number of benzene rings is 1. The Labute approximate surface area is 156 Å². The highest BCUT2D eigenvalue weighted by molar-refractivity contribution is 5.91. The van der Waals surface area contributed by atoms with Crippen molar-refractivity contribution >= 4 is 17.7 Å². The molecule has 0 fully saturated rings. The minimum absolute atomic E-state index is 0.0793. The zero-order chi connectivity index (χ0) is 19.6. The number of hydrogen-bond acceptors (Lipinski definition) is 6. The first-order chi connectivity index (χ1) is 12.9. The highest BCUT2D eigenvalue weighted by Gasteiger charge is 2.22. The third-order valence-electron chi connectivity index (χ3n) is 3.88. The van der Waals surface area contributed by atoms with Crippen molar-refractivity contribution in [2.45, 2.75) is 13.8 Å². The van der Waals surface area contributed by atoms with E-state index in [0.717, 1.165) is 11.1 Å². The van der Waals surface area contributed by atoms with Gasteiger partial charge in [0.2, 0.25) is 0 Å². The van der Waals surface area contributed by atoms with Gasteiger partial charge in [0.1, 0.15) is 11.5 Å². The van der Waals surface area contributed by atoms with Gasteiger partial charge in [0.15, 0.2) is 11.3 Å². The van der Waals surface area contributed by atoms with Crippen molar-refractivity contribution in [3.63, 3.8) is 0 Å². The zero-order valence-corrected chi connectivity index (χ0v) is 15.6. The number of aromatic nitrogens is 4. The van der Waals surface area contributed by atoms with Gasteiger partial charge in [-0.2, -0.15) is 5.10 Å². The van der Waals surface area contributed by atoms with E-state index in [1.165, 1.54) is 12.1 Å². The van der Waals surface area contributed by atoms with E-state index in [1.54, 1.807) is 35.8 Å². The molecule has 3 rings (SSSR count). The smallest absolute Gasteiger partial charge is 0.361 e. The van der Waals surface area contributed by atoms with Gasteiger partial charge in [0, 0.05) is 20.3 Å². The summed E-state index contributed by atoms with van der Waals surface area (Å²) in [6.45, 7) is 3.79. The molecule has 0 aliphatic rings. The number of nitrogens with zero attached hydrogens (tertiary/aromatic N) is 5. The summed E-state index contributed by atoms with van der Waals surface area (Å²) in [5, 5.41) is 12.8. The number of ether oxygens (including phenoxy) is 1. The highest BCUT2D eigenvalue weighted by Crippen LogP contribution is 2.28. The monoisotopic (exact) mass is 369 g/mol. The molecule has 0 aliphatic carbocycles. The fourth-order valence-electron chi connectivity index (χ4n) is 2.69. The number of fused-ring (bicyclic) bond motifs is 1. The third kappa shape index (κ3) is 3.64. The van der Waals surface area contributed by atoms with Crippen LogP contribution in [0.4, 0.5) is 4.39 Å². The van der Waals surface area contributed by atoms with Crippen LogP contribution in [0.25, 0.3) is 22.9 Å². The average molecular weight is 369 g/mol. The predicted octanol–water partition coefficient (Wildman–Crippen LogP) is 2.95. The van der Waals surface area contributed by atoms with Crippen LogP contribution >= 0.6 is 0 Å². The average Bonchev–Trinajstić information content (AvgIpc) is 2.96. The summed E-state index contributed by atoms with van der Waals surface area (Å²) < 4.78 is 19.9. The Kier molecular flexibility index (Phi) is 5.16. The van der Waals surface area contributed by atoms with E-state index >= 15 is 0 Å². The van der Waals surface area contributed by atoms with Crippen LogP contribution in [0, 0.1) is 12.7 Å². The molecule has 0 unspecified atom stereocenters. The van der Waals surface area contributed by atoms with Crippen LogP contribution in [0.2, 0.25) is 0 Å². The van der Waals surface area contributed by atoms with Crippen LogP contribution in [0.3, 0.4) is 0 Å². The number of rotatable bonds is 5. The second kappa shape index (κ2) is 7.53. The van der Waals surface area contributed by atoms with Crippen molar-refractivity contribution in [1.82, 2.24) is 24.7 Å². The molecule has 27 heavy (non-hydrogen) atoms. The molecule has 0 radical (unpaired) electrons. The molecule has 0 atom stereocenters. The maximum absolute atomic E-state index is 13.3. The van der Waals surface area contributed by atoms with Crippen molar-refractivity contribution in [1.29, 1.82) is 0 Å². The Bertz CT molecular complexity index is 1010. The number of halogens is 1. The standard InChI is InChI=1S/C19H20FN5O2/c1-5-27-19(26)17-15(10-11-24(3)4)25-18(22-21-17)16(12(2)23-25)13-6-8-14(20)9-7-13/h6-11H,5H2,1-4H3. The number of carbonyl (C=O) groups is 1. The van der Waals surface area contributed by atoms with E-state index in [4.69, 9.17) is 4.74 Å². The van der Waals surface area contributed by atoms with Gasteiger partial charge in [0.25, 0.3) is 0 Å². The predicted molar refractivity (Wildman–Crippen MR) is 99.6 cm³/mol. The second-order valence-corrected chi connectivity index (χ2v) is 6.14. The summed E-state index contributed by atoms with van der Waals surface area (Å²) in [6, 6.07) is 6.09. The van der Waals surface area contributed by atoms with Gasteiger partial charge in [0.05, 0.1) is 17.9 Å². The maximum Gasteiger partial charge on any atom is 0.361 e. The van der Waals surface area contributed by atoms with Gasteiger partial charge in [-0.05, 0) is 37.6 Å². The molecule has 3 aromatic rings. The number of hydrogen-bond donors (Lipinski definition) is 0. The molecule has 0 saturated heterocycles. The van der Waals surface area contributed by atoms with Crippen LogP contribution in [0.5, 0.6) is 0 Å². The van der Waals surface area contributed by atoms with Gasteiger partial charge in [-0.1, -0.05) is 12.1 Å². The molecule has 1 aromatic carbocycles. The van der Waals surface area contributed by atoms with Gasteiger partial charge in [-0.25, -0.2) is 13.7 Å². The lowest BCUT2D eigenvalue weighted by molar-refractivity contribution is 0.0517. The lowest BCUT2D eigenvalue weighted by Crippen LogP contribution is -2.14. The summed E-state index contributed by atoms with van der Waals surface area (Å²) in [5.74, 6) is -0.889. The van der Waals surface area contributed by atoms with Crippen LogP contribution in [0.15, 0.2) is 30.5 Å². The summed E-state index contributed by atoms with van der Waals surface area (Å²) in [5.41, 5.74) is 3.21. The van der Waals surface area contributed by atoms with Crippen LogP contribution < -0.4 is 0 Å². The highest BCUT2D eigenvalue weighted by atomic mass is 19.1. The molecule has 2 aromatic heterocycles. The van der Waals surface area contributed by atoms with Crippen molar-refractivity contribution in [3.05, 3.63) is 53.4 Å². The summed E-state index contributed by atoms with van der Waals surface area (Å²) in [4.78, 5) is 14.1. The first-order valence-electron chi connectivity index (χ1n) is 8.46. The molecule has 0 bridgehead atoms. The van der Waals surface area contributed by atoms with Gasteiger partial charge < -0.3 is 9.64 Å². The summed E-state index contributed by atoms with van der Waals surface area (Å²) in [6.07, 6.45) is 3.52. The lowest BCUT2D eigenvalue weighted by Gasteiger charge is -2.08. The second-order valence-electron chi connectivity index (χ2n) is 6.14. The Morgan fingerprint density at radius 3 is 2.59 bits per heavy atom. The van der Waals surface area contributed by atoms with Crippen molar-refractivity contribution in [2.75, 3.05) is 20.7 Å². The van der Waals surface area contributed by atoms with Crippen LogP contribution in [-0.4, -0.2) is 51.4 Å². The minimum atomic E-state index is -0.568. The summed E-state index contributed by atoms with van der Waals surface area (Å²) in [7, 11) is 3.73. The Morgan fingerprint density at radius 2 is 1.96 bits per heavy atom. The molecule has 7 nitrogen and oxygen atoms in total. The fraction of sp³-hybridized carbons (Fsp3) is 0.263. The molecule has 0 saturated carbocycles. The lowest BCUT2D eigenvalue weighted by atomic mass is 10.1. The number of esters is 1. The van der Waals surface area contributed by atoms with E-state index in [0.29, 0.717) is 17.0 Å². The SMILES string of the molecule is CCOC(=O)c1nnc2c(-c3ccc(F)cc3)c(C)nn2c1C=CN(C)C. The van der Waals surface area contributed by atoms with E-state index in [2.05, 4.69) is 15.3 Å². The third-order valence-corrected chi connectivity index (χ3v) is 3.88. The molecular weight excluding hydrogens is 349 g/mol. The first kappa shape index (κ1) is 18.5. The maximum atomic E-state index is 13.3. The Morgan fingerprint density at radius 1 is 1.26 bits per heavy atom. The molecule has 8 heteroatoms. The van der Waals surface area contributed by atoms with Gasteiger partial charge in [-0.3, -0.25) is 0 Å². The van der Waals surface area contributed by atoms with E-state index in [-0.39, 0.29) is 18.1 Å². The number of aryl methyl sites for hydroxylation is 1. The molecule has 2 heterocycles. The number of carbonyl (C=O) groups excluding carboxylic acids is 1. The quantitative estimate of drug-likeness (QED) is 0.644. The van der Waals surface area contributed by atoms with Gasteiger partial charge in [-0.15, -0.1) is 10.2 Å². The van der Waals surface area contributed by atoms with E-state index < -0.39 is 5.97 Å².